The van der Waals surface area contributed by atoms with E-state index < -0.39 is 5.60 Å². The monoisotopic (exact) mass is 234 g/mol. The van der Waals surface area contributed by atoms with Crippen molar-refractivity contribution in [2.45, 2.75) is 46.1 Å². The minimum absolute atomic E-state index is 0.157. The van der Waals surface area contributed by atoms with Crippen molar-refractivity contribution in [2.24, 2.45) is 11.3 Å². The van der Waals surface area contributed by atoms with Gasteiger partial charge in [-0.15, -0.1) is 0 Å². The van der Waals surface area contributed by atoms with Crippen LogP contribution in [0.2, 0.25) is 0 Å². The third-order valence-corrected chi connectivity index (χ3v) is 3.94. The van der Waals surface area contributed by atoms with Crippen molar-refractivity contribution >= 4 is 5.82 Å². The highest BCUT2D eigenvalue weighted by Crippen LogP contribution is 2.53. The molecule has 0 radical (unpaired) electrons. The third kappa shape index (κ3) is 2.04. The topological polar surface area (TPSA) is 59.1 Å². The van der Waals surface area contributed by atoms with E-state index in [1.54, 1.807) is 6.20 Å². The zero-order chi connectivity index (χ0) is 12.8. The van der Waals surface area contributed by atoms with Gasteiger partial charge in [-0.05, 0) is 42.7 Å². The summed E-state index contributed by atoms with van der Waals surface area (Å²) >= 11 is 0. The van der Waals surface area contributed by atoms with Gasteiger partial charge in [-0.25, -0.2) is 4.98 Å². The Morgan fingerprint density at radius 2 is 2.12 bits per heavy atom. The fraction of sp³-hybridized carbons (Fsp3) is 0.643. The summed E-state index contributed by atoms with van der Waals surface area (Å²) in [6.45, 7) is 8.46. The van der Waals surface area contributed by atoms with Crippen molar-refractivity contribution in [1.29, 1.82) is 0 Å². The van der Waals surface area contributed by atoms with Gasteiger partial charge in [0.2, 0.25) is 0 Å². The first-order chi connectivity index (χ1) is 7.74. The van der Waals surface area contributed by atoms with E-state index in [1.807, 2.05) is 13.0 Å². The van der Waals surface area contributed by atoms with Gasteiger partial charge in [0.25, 0.3) is 0 Å². The average Bonchev–Trinajstić information content (AvgIpc) is 2.40. The van der Waals surface area contributed by atoms with Crippen LogP contribution in [0.1, 0.15) is 44.7 Å². The van der Waals surface area contributed by atoms with Crippen LogP contribution in [0, 0.1) is 18.3 Å². The molecule has 0 aromatic carbocycles. The maximum atomic E-state index is 11.0. The number of rotatable bonds is 1. The molecule has 3 N–H and O–H groups in total. The van der Waals surface area contributed by atoms with Crippen LogP contribution in [-0.4, -0.2) is 10.1 Å². The minimum Gasteiger partial charge on any atom is -0.385 e. The average molecular weight is 234 g/mol. The number of aliphatic hydroxyl groups is 1. The molecule has 2 atom stereocenters. The Kier molecular flexibility index (Phi) is 2.69. The predicted molar refractivity (Wildman–Crippen MR) is 69.5 cm³/mol. The zero-order valence-corrected chi connectivity index (χ0v) is 11.1. The number of aromatic nitrogens is 1. The van der Waals surface area contributed by atoms with Crippen LogP contribution in [0.25, 0.3) is 0 Å². The van der Waals surface area contributed by atoms with E-state index in [0.29, 0.717) is 5.82 Å². The lowest BCUT2D eigenvalue weighted by molar-refractivity contribution is -0.000408. The summed E-state index contributed by atoms with van der Waals surface area (Å²) in [4.78, 5) is 4.17. The van der Waals surface area contributed by atoms with Crippen molar-refractivity contribution in [1.82, 2.24) is 4.98 Å². The summed E-state index contributed by atoms with van der Waals surface area (Å²) < 4.78 is 0. The summed E-state index contributed by atoms with van der Waals surface area (Å²) in [5, 5.41) is 11.0. The maximum Gasteiger partial charge on any atom is 0.129 e. The Balaban J connectivity index is 2.48. The molecule has 1 aromatic rings. The van der Waals surface area contributed by atoms with E-state index in [0.717, 1.165) is 24.0 Å². The lowest BCUT2D eigenvalue weighted by Crippen LogP contribution is -2.30. The number of aryl methyl sites for hydroxylation is 1. The molecule has 2 rings (SSSR count). The second-order valence-electron chi connectivity index (χ2n) is 6.32. The van der Waals surface area contributed by atoms with Crippen molar-refractivity contribution in [3.8, 4) is 0 Å². The van der Waals surface area contributed by atoms with Gasteiger partial charge in [-0.1, -0.05) is 20.8 Å². The molecule has 1 aliphatic carbocycles. The van der Waals surface area contributed by atoms with E-state index in [4.69, 9.17) is 5.73 Å². The summed E-state index contributed by atoms with van der Waals surface area (Å²) in [6, 6.07) is 1.97. The lowest BCUT2D eigenvalue weighted by Gasteiger charge is -2.30. The van der Waals surface area contributed by atoms with E-state index in [2.05, 4.69) is 25.8 Å². The van der Waals surface area contributed by atoms with E-state index >= 15 is 0 Å². The number of nitrogens with zero attached hydrogens (tertiary/aromatic N) is 1. The molecule has 94 valence electrons. The summed E-state index contributed by atoms with van der Waals surface area (Å²) in [5.41, 5.74) is 7.11. The molecule has 1 aliphatic rings. The first-order valence-electron chi connectivity index (χ1n) is 6.20. The van der Waals surface area contributed by atoms with Gasteiger partial charge in [0, 0.05) is 11.8 Å². The van der Waals surface area contributed by atoms with Crippen molar-refractivity contribution in [3.05, 3.63) is 23.4 Å². The molecule has 0 spiro atoms. The van der Waals surface area contributed by atoms with E-state index in [-0.39, 0.29) is 11.3 Å². The Morgan fingerprint density at radius 1 is 1.47 bits per heavy atom. The van der Waals surface area contributed by atoms with Crippen LogP contribution in [0.15, 0.2) is 12.3 Å². The van der Waals surface area contributed by atoms with Crippen LogP contribution in [0.5, 0.6) is 0 Å². The number of nitrogen functional groups attached to an aromatic ring is 1. The second kappa shape index (κ2) is 3.70. The zero-order valence-electron chi connectivity index (χ0n) is 11.1. The normalized spacial score (nSPS) is 31.7. The van der Waals surface area contributed by atoms with Gasteiger partial charge in [0.05, 0.1) is 5.60 Å². The number of hydrogen-bond acceptors (Lipinski definition) is 3. The van der Waals surface area contributed by atoms with Gasteiger partial charge in [-0.3, -0.25) is 0 Å². The number of anilines is 1. The Labute approximate surface area is 103 Å². The van der Waals surface area contributed by atoms with E-state index in [1.165, 1.54) is 0 Å². The highest BCUT2D eigenvalue weighted by Gasteiger charge is 2.49. The number of hydrogen-bond donors (Lipinski definition) is 2. The molecule has 0 saturated heterocycles. The molecule has 3 heteroatoms. The van der Waals surface area contributed by atoms with Crippen LogP contribution >= 0.6 is 0 Å². The highest BCUT2D eigenvalue weighted by molar-refractivity contribution is 5.45. The molecular formula is C14H22N2O. The largest absolute Gasteiger partial charge is 0.385 e. The summed E-state index contributed by atoms with van der Waals surface area (Å²) in [7, 11) is 0. The molecule has 17 heavy (non-hydrogen) atoms. The molecule has 1 heterocycles. The minimum atomic E-state index is -0.827. The summed E-state index contributed by atoms with van der Waals surface area (Å²) in [6.07, 6.45) is 3.50. The van der Waals surface area contributed by atoms with Gasteiger partial charge >= 0.3 is 0 Å². The van der Waals surface area contributed by atoms with Gasteiger partial charge in [0.1, 0.15) is 5.82 Å². The Bertz CT molecular complexity index is 442. The van der Waals surface area contributed by atoms with Gasteiger partial charge < -0.3 is 10.8 Å². The lowest BCUT2D eigenvalue weighted by atomic mass is 9.83. The molecule has 1 saturated carbocycles. The first-order valence-corrected chi connectivity index (χ1v) is 6.20. The number of pyridine rings is 1. The van der Waals surface area contributed by atoms with Crippen molar-refractivity contribution in [3.63, 3.8) is 0 Å². The fourth-order valence-corrected chi connectivity index (χ4v) is 3.26. The van der Waals surface area contributed by atoms with Crippen molar-refractivity contribution < 1.29 is 5.11 Å². The van der Waals surface area contributed by atoms with Crippen LogP contribution in [-0.2, 0) is 5.60 Å². The molecule has 1 fully saturated rings. The third-order valence-electron chi connectivity index (χ3n) is 3.94. The van der Waals surface area contributed by atoms with Gasteiger partial charge in [0.15, 0.2) is 0 Å². The van der Waals surface area contributed by atoms with Crippen LogP contribution in [0.3, 0.4) is 0 Å². The van der Waals surface area contributed by atoms with Crippen molar-refractivity contribution in [2.75, 3.05) is 5.73 Å². The molecule has 3 nitrogen and oxygen atoms in total. The van der Waals surface area contributed by atoms with Gasteiger partial charge in [-0.2, -0.15) is 0 Å². The predicted octanol–water partition coefficient (Wildman–Crippen LogP) is 2.62. The molecule has 0 amide bonds. The van der Waals surface area contributed by atoms with Crippen LogP contribution in [0.4, 0.5) is 5.82 Å². The molecule has 1 aromatic heterocycles. The number of nitrogens with two attached hydrogens (primary N) is 1. The molecule has 0 bridgehead atoms. The Hall–Kier alpha value is -1.09. The smallest absolute Gasteiger partial charge is 0.129 e. The molecule has 0 aliphatic heterocycles. The molecular weight excluding hydrogens is 212 g/mol. The second-order valence-corrected chi connectivity index (χ2v) is 6.32. The first kappa shape index (κ1) is 12.4. The van der Waals surface area contributed by atoms with Crippen LogP contribution < -0.4 is 5.73 Å². The summed E-state index contributed by atoms with van der Waals surface area (Å²) in [5.74, 6) is 0.672. The standard InChI is InChI=1S/C14H22N2O/c1-9-5-11(12(15)16-7-9)14(17)8-13(3,4)6-10(14)2/h5,7,10,17H,6,8H2,1-4H3,(H2,15,16). The SMILES string of the molecule is Cc1cnc(N)c(C2(O)CC(C)(C)CC2C)c1. The fourth-order valence-electron chi connectivity index (χ4n) is 3.26. The highest BCUT2D eigenvalue weighted by atomic mass is 16.3. The Morgan fingerprint density at radius 3 is 2.65 bits per heavy atom. The molecule has 2 unspecified atom stereocenters. The quantitative estimate of drug-likeness (QED) is 0.785. The maximum absolute atomic E-state index is 11.0. The van der Waals surface area contributed by atoms with E-state index in [9.17, 15) is 5.11 Å².